The molecule has 3 heterocycles. The number of aliphatic hydroxyl groups excluding tert-OH is 1. The lowest BCUT2D eigenvalue weighted by molar-refractivity contribution is -0.155. The summed E-state index contributed by atoms with van der Waals surface area (Å²) in [6.45, 7) is 7.32. The number of benzene rings is 2. The number of ether oxygens (including phenoxy) is 2. The van der Waals surface area contributed by atoms with Crippen LogP contribution in [0, 0.1) is 11.8 Å². The van der Waals surface area contributed by atoms with Crippen LogP contribution in [0.15, 0.2) is 55.1 Å². The third-order valence-electron chi connectivity index (χ3n) is 7.88. The first-order valence-corrected chi connectivity index (χ1v) is 13.5. The van der Waals surface area contributed by atoms with Crippen LogP contribution in [0.1, 0.15) is 20.3 Å². The topological polar surface area (TPSA) is 96.4 Å². The number of anilines is 1. The Kier molecular flexibility index (Phi) is 6.89. The molecule has 0 radical (unpaired) electrons. The Morgan fingerprint density at radius 1 is 1.32 bits per heavy atom. The van der Waals surface area contributed by atoms with Gasteiger partial charge >= 0.3 is 5.97 Å². The van der Waals surface area contributed by atoms with Crippen LogP contribution >= 0.6 is 15.9 Å². The molecule has 3 saturated heterocycles. The average molecular weight is 571 g/mol. The summed E-state index contributed by atoms with van der Waals surface area (Å²) in [6, 6.07) is 12.0. The second-order valence-corrected chi connectivity index (χ2v) is 11.1. The third kappa shape index (κ3) is 3.90. The summed E-state index contributed by atoms with van der Waals surface area (Å²) < 4.78 is 11.8. The highest BCUT2D eigenvalue weighted by molar-refractivity contribution is 9.09. The standard InChI is InChI=1S/C28H31BrN2O6/c1-4-12-30(19-11-10-17-8-6-7-9-18(17)13-19)26(34)24-28-14-20(29)23(37-28)21(27(35)36-5-2)22(28)25(33)31(24)16(3)15-32/h4,6-11,13,16,20-24,32H,1,5,12,14-15H2,2-3H3/t16-,20?,21-,22+,23-,24?,28?/m1/s1. The largest absolute Gasteiger partial charge is 0.466 e. The van der Waals surface area contributed by atoms with Crippen molar-refractivity contribution < 1.29 is 29.0 Å². The molecule has 3 aliphatic rings. The van der Waals surface area contributed by atoms with Gasteiger partial charge in [-0.05, 0) is 43.2 Å². The van der Waals surface area contributed by atoms with Gasteiger partial charge in [0, 0.05) is 17.1 Å². The number of hydrogen-bond donors (Lipinski definition) is 1. The van der Waals surface area contributed by atoms with Gasteiger partial charge in [-0.2, -0.15) is 0 Å². The maximum atomic E-state index is 14.5. The molecule has 196 valence electrons. The molecule has 8 nitrogen and oxygen atoms in total. The number of esters is 1. The van der Waals surface area contributed by atoms with Crippen molar-refractivity contribution in [3.05, 3.63) is 55.1 Å². The Hall–Kier alpha value is -2.75. The number of carbonyl (C=O) groups is 3. The SMILES string of the molecule is C=CCN(C(=O)C1N([C@H](C)CO)C(=O)[C@@H]2[C@@H](C(=O)OCC)[C@@H]3OC12CC3Br)c1ccc2ccccc2c1. The van der Waals surface area contributed by atoms with Gasteiger partial charge in [0.2, 0.25) is 5.91 Å². The quantitative estimate of drug-likeness (QED) is 0.298. The Bertz CT molecular complexity index is 1250. The molecule has 0 aliphatic carbocycles. The number of alkyl halides is 1. The van der Waals surface area contributed by atoms with E-state index in [1.165, 1.54) is 4.90 Å². The normalized spacial score (nSPS) is 30.9. The molecule has 1 spiro atoms. The lowest BCUT2D eigenvalue weighted by Crippen LogP contribution is -2.58. The van der Waals surface area contributed by atoms with Crippen molar-refractivity contribution in [1.82, 2.24) is 4.90 Å². The number of amides is 2. The van der Waals surface area contributed by atoms with Gasteiger partial charge in [-0.25, -0.2) is 0 Å². The van der Waals surface area contributed by atoms with Gasteiger partial charge in [0.15, 0.2) is 0 Å². The van der Waals surface area contributed by atoms with E-state index in [1.54, 1.807) is 24.8 Å². The van der Waals surface area contributed by atoms with E-state index in [9.17, 15) is 19.5 Å². The summed E-state index contributed by atoms with van der Waals surface area (Å²) in [4.78, 5) is 44.2. The Morgan fingerprint density at radius 3 is 2.73 bits per heavy atom. The third-order valence-corrected chi connectivity index (χ3v) is 8.73. The summed E-state index contributed by atoms with van der Waals surface area (Å²) in [6.07, 6.45) is 1.44. The van der Waals surface area contributed by atoms with Crippen LogP contribution in [0.4, 0.5) is 5.69 Å². The summed E-state index contributed by atoms with van der Waals surface area (Å²) in [7, 11) is 0. The first-order valence-electron chi connectivity index (χ1n) is 12.6. The highest BCUT2D eigenvalue weighted by Gasteiger charge is 2.77. The molecule has 2 aromatic rings. The zero-order valence-corrected chi connectivity index (χ0v) is 22.5. The number of fused-ring (bicyclic) bond motifs is 2. The van der Waals surface area contributed by atoms with Crippen LogP contribution in [0.3, 0.4) is 0 Å². The van der Waals surface area contributed by atoms with Crippen molar-refractivity contribution >= 4 is 50.2 Å². The molecule has 9 heteroatoms. The van der Waals surface area contributed by atoms with Crippen molar-refractivity contribution in [2.24, 2.45) is 11.8 Å². The molecule has 5 rings (SSSR count). The summed E-state index contributed by atoms with van der Waals surface area (Å²) in [5, 5.41) is 12.1. The van der Waals surface area contributed by atoms with Crippen LogP contribution in [-0.4, -0.2) is 76.2 Å². The molecule has 0 saturated carbocycles. The molecule has 2 amide bonds. The Labute approximate surface area is 224 Å². The number of likely N-dealkylation sites (tertiary alicyclic amines) is 1. The number of rotatable bonds is 8. The van der Waals surface area contributed by atoms with Crippen molar-refractivity contribution in [1.29, 1.82) is 0 Å². The number of nitrogens with zero attached hydrogens (tertiary/aromatic N) is 2. The smallest absolute Gasteiger partial charge is 0.312 e. The zero-order chi connectivity index (χ0) is 26.5. The fourth-order valence-corrected chi connectivity index (χ4v) is 7.30. The van der Waals surface area contributed by atoms with Crippen LogP contribution in [0.2, 0.25) is 0 Å². The monoisotopic (exact) mass is 570 g/mol. The second-order valence-electron chi connectivity index (χ2n) is 9.96. The molecule has 2 aromatic carbocycles. The Morgan fingerprint density at radius 2 is 2.05 bits per heavy atom. The lowest BCUT2D eigenvalue weighted by atomic mass is 9.70. The van der Waals surface area contributed by atoms with Gasteiger partial charge in [0.25, 0.3) is 5.91 Å². The van der Waals surface area contributed by atoms with Crippen molar-refractivity contribution in [2.75, 3.05) is 24.7 Å². The summed E-state index contributed by atoms with van der Waals surface area (Å²) in [5.41, 5.74) is -0.554. The average Bonchev–Trinajstić information content (AvgIpc) is 3.49. The molecule has 3 aliphatic heterocycles. The van der Waals surface area contributed by atoms with Crippen molar-refractivity contribution in [3.8, 4) is 0 Å². The first kappa shape index (κ1) is 25.9. The van der Waals surface area contributed by atoms with E-state index in [0.29, 0.717) is 12.1 Å². The van der Waals surface area contributed by atoms with Crippen molar-refractivity contribution in [3.63, 3.8) is 0 Å². The van der Waals surface area contributed by atoms with Gasteiger partial charge in [-0.15, -0.1) is 6.58 Å². The number of hydrogen-bond acceptors (Lipinski definition) is 6. The Balaban J connectivity index is 1.61. The maximum Gasteiger partial charge on any atom is 0.312 e. The summed E-state index contributed by atoms with van der Waals surface area (Å²) in [5.74, 6) is -2.90. The van der Waals surface area contributed by atoms with Gasteiger partial charge in [-0.3, -0.25) is 14.4 Å². The lowest BCUT2D eigenvalue weighted by Gasteiger charge is -2.38. The number of aliphatic hydroxyl groups is 1. The highest BCUT2D eigenvalue weighted by atomic mass is 79.9. The van der Waals surface area contributed by atoms with Gasteiger partial charge in [0.05, 0.1) is 37.2 Å². The van der Waals surface area contributed by atoms with Crippen LogP contribution < -0.4 is 4.90 Å². The minimum Gasteiger partial charge on any atom is -0.466 e. The van der Waals surface area contributed by atoms with E-state index >= 15 is 0 Å². The predicted octanol–water partition coefficient (Wildman–Crippen LogP) is 3.05. The van der Waals surface area contributed by atoms with E-state index in [1.807, 2.05) is 42.5 Å². The molecule has 3 unspecified atom stereocenters. The molecular formula is C28H31BrN2O6. The molecule has 2 bridgehead atoms. The summed E-state index contributed by atoms with van der Waals surface area (Å²) >= 11 is 3.64. The fraction of sp³-hybridized carbons (Fsp3) is 0.464. The van der Waals surface area contributed by atoms with Crippen molar-refractivity contribution in [2.45, 2.75) is 48.9 Å². The predicted molar refractivity (Wildman–Crippen MR) is 142 cm³/mol. The van der Waals surface area contributed by atoms with Gasteiger partial charge < -0.3 is 24.4 Å². The van der Waals surface area contributed by atoms with E-state index in [0.717, 1.165) is 10.8 Å². The van der Waals surface area contributed by atoms with Crippen LogP contribution in [0.5, 0.6) is 0 Å². The molecule has 0 aromatic heterocycles. The minimum absolute atomic E-state index is 0.178. The van der Waals surface area contributed by atoms with Gasteiger partial charge in [0.1, 0.15) is 11.6 Å². The van der Waals surface area contributed by atoms with E-state index in [2.05, 4.69) is 22.5 Å². The van der Waals surface area contributed by atoms with Gasteiger partial charge in [-0.1, -0.05) is 52.3 Å². The second kappa shape index (κ2) is 9.85. The number of carbonyl (C=O) groups excluding carboxylic acids is 3. The zero-order valence-electron chi connectivity index (χ0n) is 20.9. The fourth-order valence-electron chi connectivity index (χ4n) is 6.36. The molecule has 37 heavy (non-hydrogen) atoms. The molecule has 1 N–H and O–H groups in total. The van der Waals surface area contributed by atoms with E-state index in [4.69, 9.17) is 9.47 Å². The number of halogens is 1. The minimum atomic E-state index is -1.22. The molecule has 7 atom stereocenters. The van der Waals surface area contributed by atoms with Crippen LogP contribution in [0.25, 0.3) is 10.8 Å². The van der Waals surface area contributed by atoms with E-state index < -0.39 is 41.6 Å². The highest BCUT2D eigenvalue weighted by Crippen LogP contribution is 2.60. The van der Waals surface area contributed by atoms with Crippen LogP contribution in [-0.2, 0) is 23.9 Å². The molecule has 3 fully saturated rings. The maximum absolute atomic E-state index is 14.5. The molecular weight excluding hydrogens is 540 g/mol. The van der Waals surface area contributed by atoms with E-state index in [-0.39, 0.29) is 36.4 Å². The first-order chi connectivity index (χ1) is 17.8.